The molecule has 4 rings (SSSR count). The lowest BCUT2D eigenvalue weighted by Gasteiger charge is -2.31. The summed E-state index contributed by atoms with van der Waals surface area (Å²) in [5.41, 5.74) is 8.58. The van der Waals surface area contributed by atoms with E-state index < -0.39 is 5.92 Å². The number of anilines is 1. The molecule has 0 spiro atoms. The van der Waals surface area contributed by atoms with Gasteiger partial charge in [-0.05, 0) is 72.6 Å². The molecular weight excluding hydrogens is 480 g/mol. The zero-order chi connectivity index (χ0) is 26.6. The minimum absolute atomic E-state index is 0. The lowest BCUT2D eigenvalue weighted by molar-refractivity contribution is -0.0566. The van der Waals surface area contributed by atoms with E-state index in [2.05, 4.69) is 75.5 Å². The predicted octanol–water partition coefficient (Wildman–Crippen LogP) is 7.02. The number of halogens is 2. The molecule has 0 aliphatic carbocycles. The number of allylic oxidation sites excluding steroid dienone is 1. The average Bonchev–Trinajstić information content (AvgIpc) is 2.85. The molecule has 3 aromatic rings. The Labute approximate surface area is 225 Å². The fourth-order valence-corrected chi connectivity index (χ4v) is 4.57. The second-order valence-corrected chi connectivity index (χ2v) is 10.1. The molecule has 0 radical (unpaired) electrons. The van der Waals surface area contributed by atoms with Gasteiger partial charge in [0.15, 0.2) is 0 Å². The largest absolute Gasteiger partial charge is 0.354 e. The van der Waals surface area contributed by atoms with Crippen molar-refractivity contribution >= 4 is 11.3 Å². The fraction of sp³-hybridized carbons (Fsp3) is 0.355. The molecule has 1 fully saturated rings. The van der Waals surface area contributed by atoms with Crippen molar-refractivity contribution in [2.24, 2.45) is 0 Å². The minimum atomic E-state index is -2.54. The summed E-state index contributed by atoms with van der Waals surface area (Å²) in [5, 5.41) is 3.35. The number of likely N-dealkylation sites (tertiary alicyclic amines) is 1. The van der Waals surface area contributed by atoms with Crippen LogP contribution in [0, 0.1) is 6.92 Å². The molecule has 0 amide bonds. The molecule has 5 nitrogen and oxygen atoms in total. The summed E-state index contributed by atoms with van der Waals surface area (Å²) in [6.45, 7) is 12.8. The normalized spacial score (nSPS) is 15.1. The van der Waals surface area contributed by atoms with Gasteiger partial charge >= 0.3 is 0 Å². The highest BCUT2D eigenvalue weighted by molar-refractivity contribution is 5.84. The monoisotopic (exact) mass is 519 g/mol. The van der Waals surface area contributed by atoms with Crippen LogP contribution in [0.4, 0.5) is 14.5 Å². The molecule has 7 heteroatoms. The van der Waals surface area contributed by atoms with Crippen LogP contribution in [0.5, 0.6) is 0 Å². The number of nitrogens with one attached hydrogen (secondary N) is 1. The highest BCUT2D eigenvalue weighted by atomic mass is 19.3. The lowest BCUT2D eigenvalue weighted by atomic mass is 9.94. The SMILES string of the molecule is C.C=C(Nc1cncc(CN(C)C)c1)C(=C)c1cc(-c2cncc(CN3CCC(F)(F)CC3)c2)ccc1C. The van der Waals surface area contributed by atoms with E-state index in [1.807, 2.05) is 32.7 Å². The van der Waals surface area contributed by atoms with Gasteiger partial charge in [0.05, 0.1) is 11.9 Å². The van der Waals surface area contributed by atoms with Gasteiger partial charge < -0.3 is 10.2 Å². The third-order valence-electron chi connectivity index (χ3n) is 6.64. The predicted molar refractivity (Wildman–Crippen MR) is 154 cm³/mol. The Kier molecular flexibility index (Phi) is 9.52. The molecule has 0 unspecified atom stereocenters. The van der Waals surface area contributed by atoms with Crippen molar-refractivity contribution in [2.75, 3.05) is 32.5 Å². The van der Waals surface area contributed by atoms with Crippen LogP contribution in [-0.4, -0.2) is 52.9 Å². The summed E-state index contributed by atoms with van der Waals surface area (Å²) in [4.78, 5) is 12.9. The van der Waals surface area contributed by atoms with Crippen molar-refractivity contribution in [3.05, 3.63) is 96.2 Å². The highest BCUT2D eigenvalue weighted by Crippen LogP contribution is 2.31. The second kappa shape index (κ2) is 12.4. The number of piperidine rings is 1. The van der Waals surface area contributed by atoms with Crippen LogP contribution in [0.15, 0.2) is 74.0 Å². The Morgan fingerprint density at radius 2 is 1.66 bits per heavy atom. The smallest absolute Gasteiger partial charge is 0.250 e. The van der Waals surface area contributed by atoms with Gasteiger partial charge in [-0.25, -0.2) is 8.78 Å². The second-order valence-electron chi connectivity index (χ2n) is 10.1. The maximum absolute atomic E-state index is 13.5. The first-order chi connectivity index (χ1) is 17.6. The zero-order valence-corrected chi connectivity index (χ0v) is 21.9. The number of hydrogen-bond donors (Lipinski definition) is 1. The van der Waals surface area contributed by atoms with E-state index >= 15 is 0 Å². The molecule has 38 heavy (non-hydrogen) atoms. The molecule has 2 aromatic heterocycles. The topological polar surface area (TPSA) is 44.3 Å². The molecule has 1 N–H and O–H groups in total. The molecule has 1 aromatic carbocycles. The van der Waals surface area contributed by atoms with Crippen LogP contribution in [0.3, 0.4) is 0 Å². The van der Waals surface area contributed by atoms with Crippen molar-refractivity contribution in [2.45, 2.75) is 46.2 Å². The molecule has 0 saturated carbocycles. The van der Waals surface area contributed by atoms with E-state index in [1.54, 1.807) is 6.20 Å². The minimum Gasteiger partial charge on any atom is -0.354 e. The summed E-state index contributed by atoms with van der Waals surface area (Å²) < 4.78 is 27.0. The van der Waals surface area contributed by atoms with Gasteiger partial charge in [0.1, 0.15) is 0 Å². The van der Waals surface area contributed by atoms with Crippen molar-refractivity contribution in [3.8, 4) is 11.1 Å². The molecule has 202 valence electrons. The maximum Gasteiger partial charge on any atom is 0.250 e. The molecule has 0 bridgehead atoms. The summed E-state index contributed by atoms with van der Waals surface area (Å²) in [6, 6.07) is 10.4. The summed E-state index contributed by atoms with van der Waals surface area (Å²) in [5.74, 6) is -2.54. The number of nitrogens with zero attached hydrogens (tertiary/aromatic N) is 4. The molecular formula is C31H39F2N5. The van der Waals surface area contributed by atoms with Crippen molar-refractivity contribution in [1.82, 2.24) is 19.8 Å². The van der Waals surface area contributed by atoms with Crippen LogP contribution >= 0.6 is 0 Å². The van der Waals surface area contributed by atoms with Gasteiger partial charge in [0, 0.05) is 68.9 Å². The summed E-state index contributed by atoms with van der Waals surface area (Å²) in [7, 11) is 4.05. The maximum atomic E-state index is 13.5. The van der Waals surface area contributed by atoms with Crippen LogP contribution < -0.4 is 5.32 Å². The van der Waals surface area contributed by atoms with E-state index in [0.29, 0.717) is 25.3 Å². The van der Waals surface area contributed by atoms with E-state index in [4.69, 9.17) is 0 Å². The Morgan fingerprint density at radius 3 is 2.37 bits per heavy atom. The first kappa shape index (κ1) is 29.1. The first-order valence-corrected chi connectivity index (χ1v) is 12.5. The fourth-order valence-electron chi connectivity index (χ4n) is 4.57. The third-order valence-corrected chi connectivity index (χ3v) is 6.64. The summed E-state index contributed by atoms with van der Waals surface area (Å²) >= 11 is 0. The van der Waals surface area contributed by atoms with Gasteiger partial charge in [-0.1, -0.05) is 32.7 Å². The van der Waals surface area contributed by atoms with Gasteiger partial charge in [0.25, 0.3) is 5.92 Å². The van der Waals surface area contributed by atoms with Gasteiger partial charge in [-0.2, -0.15) is 0 Å². The van der Waals surface area contributed by atoms with Crippen LogP contribution in [0.2, 0.25) is 0 Å². The quantitative estimate of drug-likeness (QED) is 0.308. The van der Waals surface area contributed by atoms with E-state index in [-0.39, 0.29) is 20.3 Å². The van der Waals surface area contributed by atoms with E-state index in [0.717, 1.165) is 51.2 Å². The molecule has 0 atom stereocenters. The Hall–Kier alpha value is -3.42. The number of aryl methyl sites for hydroxylation is 1. The standard InChI is InChI=1S/C30H35F2N5.CH4/c1-21-6-7-26(27-12-24(15-33-17-27)20-37-10-8-30(31,32)9-11-37)14-29(21)22(2)23(3)35-28-13-25(16-34-18-28)19-36(4)5;/h6-7,12-18,35H,2-3,8-11,19-20H2,1,4-5H3;1H4. The van der Waals surface area contributed by atoms with Crippen molar-refractivity contribution in [3.63, 3.8) is 0 Å². The van der Waals surface area contributed by atoms with Crippen LogP contribution in [0.25, 0.3) is 16.7 Å². The van der Waals surface area contributed by atoms with Gasteiger partial charge in [0.2, 0.25) is 0 Å². The number of benzene rings is 1. The van der Waals surface area contributed by atoms with Crippen molar-refractivity contribution in [1.29, 1.82) is 0 Å². The highest BCUT2D eigenvalue weighted by Gasteiger charge is 2.33. The lowest BCUT2D eigenvalue weighted by Crippen LogP contribution is -2.38. The van der Waals surface area contributed by atoms with E-state index in [9.17, 15) is 8.78 Å². The van der Waals surface area contributed by atoms with Crippen molar-refractivity contribution < 1.29 is 8.78 Å². The first-order valence-electron chi connectivity index (χ1n) is 12.5. The molecule has 1 aliphatic heterocycles. The van der Waals surface area contributed by atoms with E-state index in [1.165, 1.54) is 0 Å². The van der Waals surface area contributed by atoms with Crippen LogP contribution in [0.1, 0.15) is 42.5 Å². The number of hydrogen-bond acceptors (Lipinski definition) is 5. The number of pyridine rings is 2. The number of alkyl halides is 2. The van der Waals surface area contributed by atoms with Gasteiger partial charge in [-0.15, -0.1) is 0 Å². The molecule has 1 aliphatic rings. The Balaban J connectivity index is 0.00000400. The molecule has 3 heterocycles. The van der Waals surface area contributed by atoms with Gasteiger partial charge in [-0.3, -0.25) is 14.9 Å². The summed E-state index contributed by atoms with van der Waals surface area (Å²) in [6.07, 6.45) is 7.12. The third kappa shape index (κ3) is 7.55. The number of rotatable bonds is 9. The zero-order valence-electron chi connectivity index (χ0n) is 21.9. The average molecular weight is 520 g/mol. The van der Waals surface area contributed by atoms with Crippen LogP contribution in [-0.2, 0) is 13.1 Å². The Bertz CT molecular complexity index is 1270. The Morgan fingerprint density at radius 1 is 0.974 bits per heavy atom. The molecule has 1 saturated heterocycles. The number of aromatic nitrogens is 2.